The number of rotatable bonds is 4. The number of carboxylic acid groups (broad SMARTS) is 1. The summed E-state index contributed by atoms with van der Waals surface area (Å²) in [5.74, 6) is -2.53. The molecule has 86 valence electrons. The van der Waals surface area contributed by atoms with Gasteiger partial charge in [-0.15, -0.1) is 0 Å². The quantitative estimate of drug-likeness (QED) is 0.821. The summed E-state index contributed by atoms with van der Waals surface area (Å²) in [7, 11) is 0. The van der Waals surface area contributed by atoms with E-state index in [1.807, 2.05) is 5.48 Å². The number of hydroxylamine groups is 1. The first-order valence-electron chi connectivity index (χ1n) is 4.09. The van der Waals surface area contributed by atoms with Gasteiger partial charge in [-0.25, -0.2) is 14.7 Å². The van der Waals surface area contributed by atoms with Crippen molar-refractivity contribution in [2.24, 2.45) is 0 Å². The molecule has 0 unspecified atom stereocenters. The average molecular weight is 292 g/mol. The van der Waals surface area contributed by atoms with Crippen molar-refractivity contribution in [1.29, 1.82) is 0 Å². The fourth-order valence-electron chi connectivity index (χ4n) is 0.907. The van der Waals surface area contributed by atoms with Crippen LogP contribution in [0.5, 0.6) is 0 Å². The van der Waals surface area contributed by atoms with Gasteiger partial charge in [-0.3, -0.25) is 9.63 Å². The Balaban J connectivity index is 2.62. The van der Waals surface area contributed by atoms with Crippen LogP contribution < -0.4 is 5.48 Å². The molecule has 1 aromatic carbocycles. The molecule has 0 bridgehead atoms. The van der Waals surface area contributed by atoms with Crippen LogP contribution in [0.4, 0.5) is 4.39 Å². The lowest BCUT2D eigenvalue weighted by molar-refractivity contribution is -0.144. The third-order valence-electron chi connectivity index (χ3n) is 1.49. The standard InChI is InChI=1S/C9H7BrFNO4/c10-6-1-5(2-7(11)3-6)9(15)12-16-4-8(13)14/h1-3H,4H2,(H,12,15)(H,13,14). The van der Waals surface area contributed by atoms with Gasteiger partial charge in [-0.1, -0.05) is 15.9 Å². The van der Waals surface area contributed by atoms with Gasteiger partial charge in [0.2, 0.25) is 0 Å². The van der Waals surface area contributed by atoms with Crippen LogP contribution in [0.25, 0.3) is 0 Å². The Morgan fingerprint density at radius 1 is 1.44 bits per heavy atom. The van der Waals surface area contributed by atoms with E-state index < -0.39 is 24.3 Å². The molecule has 0 aliphatic heterocycles. The molecule has 5 nitrogen and oxygen atoms in total. The van der Waals surface area contributed by atoms with Crippen molar-refractivity contribution < 1.29 is 23.9 Å². The molecule has 0 saturated carbocycles. The number of aliphatic carboxylic acids is 1. The number of halogens is 2. The molecular formula is C9H7BrFNO4. The molecule has 0 aromatic heterocycles. The smallest absolute Gasteiger partial charge is 0.332 e. The third kappa shape index (κ3) is 3.95. The molecule has 1 amide bonds. The van der Waals surface area contributed by atoms with Gasteiger partial charge in [0, 0.05) is 10.0 Å². The topological polar surface area (TPSA) is 75.6 Å². The largest absolute Gasteiger partial charge is 0.479 e. The molecule has 1 rings (SSSR count). The van der Waals surface area contributed by atoms with Crippen LogP contribution >= 0.6 is 15.9 Å². The first kappa shape index (κ1) is 12.6. The van der Waals surface area contributed by atoms with Crippen molar-refractivity contribution in [1.82, 2.24) is 5.48 Å². The van der Waals surface area contributed by atoms with Gasteiger partial charge in [0.25, 0.3) is 5.91 Å². The minimum atomic E-state index is -1.22. The van der Waals surface area contributed by atoms with Gasteiger partial charge in [0.1, 0.15) is 5.82 Å². The molecule has 0 heterocycles. The van der Waals surface area contributed by atoms with Crippen LogP contribution in [-0.4, -0.2) is 23.6 Å². The van der Waals surface area contributed by atoms with E-state index in [2.05, 4.69) is 20.8 Å². The molecule has 0 atom stereocenters. The monoisotopic (exact) mass is 291 g/mol. The Kier molecular flexibility index (Phi) is 4.39. The maximum atomic E-state index is 12.9. The number of hydrogen-bond acceptors (Lipinski definition) is 3. The highest BCUT2D eigenvalue weighted by atomic mass is 79.9. The molecule has 0 aliphatic rings. The summed E-state index contributed by atoms with van der Waals surface area (Å²) in [6, 6.07) is 3.57. The average Bonchev–Trinajstić information content (AvgIpc) is 2.15. The Labute approximate surface area is 98.3 Å². The number of carbonyl (C=O) groups is 2. The van der Waals surface area contributed by atoms with Crippen LogP contribution in [0.1, 0.15) is 10.4 Å². The van der Waals surface area contributed by atoms with E-state index in [0.717, 1.165) is 6.07 Å². The first-order valence-corrected chi connectivity index (χ1v) is 4.88. The van der Waals surface area contributed by atoms with Crippen LogP contribution in [0, 0.1) is 5.82 Å². The molecule has 0 saturated heterocycles. The number of amides is 1. The number of benzene rings is 1. The van der Waals surface area contributed by atoms with Crippen molar-refractivity contribution >= 4 is 27.8 Å². The second kappa shape index (κ2) is 5.57. The molecule has 0 fully saturated rings. The molecule has 7 heteroatoms. The number of carbonyl (C=O) groups excluding carboxylic acids is 1. The van der Waals surface area contributed by atoms with Crippen molar-refractivity contribution in [3.63, 3.8) is 0 Å². The predicted molar refractivity (Wildman–Crippen MR) is 55.2 cm³/mol. The van der Waals surface area contributed by atoms with Crippen molar-refractivity contribution in [2.45, 2.75) is 0 Å². The van der Waals surface area contributed by atoms with Crippen molar-refractivity contribution in [3.05, 3.63) is 34.1 Å². The van der Waals surface area contributed by atoms with Gasteiger partial charge < -0.3 is 5.11 Å². The summed E-state index contributed by atoms with van der Waals surface area (Å²) >= 11 is 3.02. The second-order valence-electron chi connectivity index (χ2n) is 2.77. The normalized spacial score (nSPS) is 9.88. The summed E-state index contributed by atoms with van der Waals surface area (Å²) < 4.78 is 13.3. The Morgan fingerprint density at radius 2 is 2.12 bits per heavy atom. The van der Waals surface area contributed by atoms with Crippen LogP contribution in [0.3, 0.4) is 0 Å². The Morgan fingerprint density at radius 3 is 2.69 bits per heavy atom. The minimum absolute atomic E-state index is 0.0252. The lowest BCUT2D eigenvalue weighted by Gasteiger charge is -2.04. The fourth-order valence-corrected chi connectivity index (χ4v) is 1.37. The van der Waals surface area contributed by atoms with Crippen molar-refractivity contribution in [2.75, 3.05) is 6.61 Å². The van der Waals surface area contributed by atoms with E-state index >= 15 is 0 Å². The molecular weight excluding hydrogens is 285 g/mol. The molecule has 0 radical (unpaired) electrons. The predicted octanol–water partition coefficient (Wildman–Crippen LogP) is 1.33. The summed E-state index contributed by atoms with van der Waals surface area (Å²) in [5.41, 5.74) is 1.90. The molecule has 0 spiro atoms. The second-order valence-corrected chi connectivity index (χ2v) is 3.69. The lowest BCUT2D eigenvalue weighted by atomic mass is 10.2. The Hall–Kier alpha value is -1.47. The summed E-state index contributed by atoms with van der Waals surface area (Å²) in [6.07, 6.45) is 0. The third-order valence-corrected chi connectivity index (χ3v) is 1.94. The SMILES string of the molecule is O=C(O)CONC(=O)c1cc(F)cc(Br)c1. The highest BCUT2D eigenvalue weighted by Gasteiger charge is 2.08. The summed E-state index contributed by atoms with van der Waals surface area (Å²) in [6.45, 7) is -0.664. The fraction of sp³-hybridized carbons (Fsp3) is 0.111. The first-order chi connectivity index (χ1) is 7.49. The Bertz CT molecular complexity index is 404. The highest BCUT2D eigenvalue weighted by Crippen LogP contribution is 2.14. The molecule has 1 aromatic rings. The van der Waals surface area contributed by atoms with Gasteiger partial charge >= 0.3 is 5.97 Å². The molecule has 16 heavy (non-hydrogen) atoms. The molecule has 2 N–H and O–H groups in total. The zero-order chi connectivity index (χ0) is 12.1. The van der Waals surface area contributed by atoms with Crippen molar-refractivity contribution in [3.8, 4) is 0 Å². The van der Waals surface area contributed by atoms with E-state index in [9.17, 15) is 14.0 Å². The summed E-state index contributed by atoms with van der Waals surface area (Å²) in [5, 5.41) is 8.24. The van der Waals surface area contributed by atoms with E-state index in [1.54, 1.807) is 0 Å². The number of hydrogen-bond donors (Lipinski definition) is 2. The van der Waals surface area contributed by atoms with E-state index in [-0.39, 0.29) is 5.56 Å². The number of carboxylic acids is 1. The van der Waals surface area contributed by atoms with Gasteiger partial charge in [0.05, 0.1) is 0 Å². The van der Waals surface area contributed by atoms with E-state index in [4.69, 9.17) is 5.11 Å². The van der Waals surface area contributed by atoms with Crippen LogP contribution in [0.2, 0.25) is 0 Å². The van der Waals surface area contributed by atoms with E-state index in [1.165, 1.54) is 12.1 Å². The van der Waals surface area contributed by atoms with Gasteiger partial charge in [0.15, 0.2) is 6.61 Å². The number of nitrogens with one attached hydrogen (secondary N) is 1. The van der Waals surface area contributed by atoms with Gasteiger partial charge in [-0.2, -0.15) is 0 Å². The summed E-state index contributed by atoms with van der Waals surface area (Å²) in [4.78, 5) is 25.7. The van der Waals surface area contributed by atoms with Crippen LogP contribution in [0.15, 0.2) is 22.7 Å². The van der Waals surface area contributed by atoms with E-state index in [0.29, 0.717) is 4.47 Å². The van der Waals surface area contributed by atoms with Crippen LogP contribution in [-0.2, 0) is 9.63 Å². The zero-order valence-electron chi connectivity index (χ0n) is 7.87. The zero-order valence-corrected chi connectivity index (χ0v) is 9.45. The highest BCUT2D eigenvalue weighted by molar-refractivity contribution is 9.10. The molecule has 0 aliphatic carbocycles. The maximum absolute atomic E-state index is 12.9. The minimum Gasteiger partial charge on any atom is -0.479 e. The lowest BCUT2D eigenvalue weighted by Crippen LogP contribution is -2.26. The maximum Gasteiger partial charge on any atom is 0.332 e. The van der Waals surface area contributed by atoms with Gasteiger partial charge in [-0.05, 0) is 18.2 Å².